The number of hydrogen-bond donors (Lipinski definition) is 2. The standard InChI is InChI=1S/C16H18N2OS2/c1-9-5-10(2)13(7-12(9)17)18-16(19)15-6-11-8-20-4-3-14(11)21-15/h5-7H,3-4,8,17H2,1-2H3,(H,18,19). The van der Waals surface area contributed by atoms with Crippen LogP contribution in [0.3, 0.4) is 0 Å². The third-order valence-electron chi connectivity index (χ3n) is 3.71. The van der Waals surface area contributed by atoms with Gasteiger partial charge in [0.25, 0.3) is 5.91 Å². The number of fused-ring (bicyclic) bond motifs is 1. The van der Waals surface area contributed by atoms with Crippen molar-refractivity contribution < 1.29 is 4.79 Å². The van der Waals surface area contributed by atoms with Crippen LogP contribution in [-0.2, 0) is 12.2 Å². The van der Waals surface area contributed by atoms with Gasteiger partial charge in [-0.05, 0) is 54.8 Å². The zero-order chi connectivity index (χ0) is 15.0. The summed E-state index contributed by atoms with van der Waals surface area (Å²) >= 11 is 3.55. The van der Waals surface area contributed by atoms with Crippen molar-refractivity contribution in [1.82, 2.24) is 0 Å². The van der Waals surface area contributed by atoms with E-state index in [1.54, 1.807) is 11.3 Å². The highest BCUT2D eigenvalue weighted by atomic mass is 32.2. The molecule has 1 aromatic carbocycles. The number of amides is 1. The Morgan fingerprint density at radius 2 is 2.05 bits per heavy atom. The van der Waals surface area contributed by atoms with Crippen molar-refractivity contribution in [1.29, 1.82) is 0 Å². The Labute approximate surface area is 132 Å². The van der Waals surface area contributed by atoms with Crippen LogP contribution < -0.4 is 11.1 Å². The predicted molar refractivity (Wildman–Crippen MR) is 92.5 cm³/mol. The molecule has 0 unspecified atom stereocenters. The molecule has 3 nitrogen and oxygen atoms in total. The molecule has 21 heavy (non-hydrogen) atoms. The Morgan fingerprint density at radius 3 is 2.81 bits per heavy atom. The van der Waals surface area contributed by atoms with Crippen LogP contribution in [0.5, 0.6) is 0 Å². The Morgan fingerprint density at radius 1 is 1.24 bits per heavy atom. The number of anilines is 2. The van der Waals surface area contributed by atoms with Gasteiger partial charge >= 0.3 is 0 Å². The summed E-state index contributed by atoms with van der Waals surface area (Å²) in [4.78, 5) is 14.6. The summed E-state index contributed by atoms with van der Waals surface area (Å²) in [7, 11) is 0. The SMILES string of the molecule is Cc1cc(C)c(NC(=O)c2cc3c(s2)CCSC3)cc1N. The average Bonchev–Trinajstić information content (AvgIpc) is 2.88. The molecule has 1 aromatic heterocycles. The molecular weight excluding hydrogens is 300 g/mol. The number of carbonyl (C=O) groups is 1. The lowest BCUT2D eigenvalue weighted by atomic mass is 10.1. The van der Waals surface area contributed by atoms with E-state index in [2.05, 4.69) is 5.32 Å². The zero-order valence-electron chi connectivity index (χ0n) is 12.2. The molecule has 1 aliphatic heterocycles. The Balaban J connectivity index is 1.83. The van der Waals surface area contributed by atoms with E-state index in [9.17, 15) is 4.79 Å². The van der Waals surface area contributed by atoms with Gasteiger partial charge in [0.1, 0.15) is 0 Å². The van der Waals surface area contributed by atoms with Crippen LogP contribution in [0.1, 0.15) is 31.2 Å². The second-order valence-electron chi connectivity index (χ2n) is 5.34. The summed E-state index contributed by atoms with van der Waals surface area (Å²) in [5.74, 6) is 2.14. The van der Waals surface area contributed by atoms with Gasteiger partial charge in [-0.15, -0.1) is 11.3 Å². The van der Waals surface area contributed by atoms with E-state index in [1.165, 1.54) is 10.4 Å². The number of nitrogens with two attached hydrogens (primary N) is 1. The molecule has 1 amide bonds. The van der Waals surface area contributed by atoms with E-state index in [-0.39, 0.29) is 5.91 Å². The highest BCUT2D eigenvalue weighted by molar-refractivity contribution is 7.98. The third-order valence-corrected chi connectivity index (χ3v) is 5.96. The van der Waals surface area contributed by atoms with Crippen LogP contribution in [0.15, 0.2) is 18.2 Å². The molecule has 5 heteroatoms. The maximum absolute atomic E-state index is 12.4. The lowest BCUT2D eigenvalue weighted by Gasteiger charge is -2.10. The van der Waals surface area contributed by atoms with Gasteiger partial charge < -0.3 is 11.1 Å². The number of nitrogens with one attached hydrogen (secondary N) is 1. The number of aryl methyl sites for hydroxylation is 3. The Hall–Kier alpha value is -1.46. The summed E-state index contributed by atoms with van der Waals surface area (Å²) in [6.07, 6.45) is 1.08. The minimum atomic E-state index is -0.0363. The monoisotopic (exact) mass is 318 g/mol. The number of hydrogen-bond acceptors (Lipinski definition) is 4. The lowest BCUT2D eigenvalue weighted by molar-refractivity contribution is 0.103. The third kappa shape index (κ3) is 2.94. The van der Waals surface area contributed by atoms with Gasteiger partial charge in [0, 0.05) is 22.0 Å². The van der Waals surface area contributed by atoms with Crippen molar-refractivity contribution in [3.63, 3.8) is 0 Å². The van der Waals surface area contributed by atoms with Gasteiger partial charge in [0.15, 0.2) is 0 Å². The van der Waals surface area contributed by atoms with Crippen molar-refractivity contribution in [2.24, 2.45) is 0 Å². The zero-order valence-corrected chi connectivity index (χ0v) is 13.8. The van der Waals surface area contributed by atoms with Crippen molar-refractivity contribution in [3.8, 4) is 0 Å². The lowest BCUT2D eigenvalue weighted by Crippen LogP contribution is -2.11. The van der Waals surface area contributed by atoms with Gasteiger partial charge in [0.05, 0.1) is 4.88 Å². The van der Waals surface area contributed by atoms with E-state index in [0.717, 1.165) is 39.6 Å². The van der Waals surface area contributed by atoms with Gasteiger partial charge in [-0.1, -0.05) is 6.07 Å². The fourth-order valence-electron chi connectivity index (χ4n) is 2.45. The molecule has 2 heterocycles. The van der Waals surface area contributed by atoms with Crippen molar-refractivity contribution in [3.05, 3.63) is 44.6 Å². The second kappa shape index (κ2) is 5.73. The summed E-state index contributed by atoms with van der Waals surface area (Å²) in [6, 6.07) is 5.88. The first-order valence-electron chi connectivity index (χ1n) is 6.92. The number of rotatable bonds is 2. The molecule has 0 atom stereocenters. The number of carbonyl (C=O) groups excluding carboxylic acids is 1. The fourth-order valence-corrected chi connectivity index (χ4v) is 4.71. The highest BCUT2D eigenvalue weighted by Gasteiger charge is 2.18. The Bertz CT molecular complexity index is 683. The largest absolute Gasteiger partial charge is 0.398 e. The quantitative estimate of drug-likeness (QED) is 0.823. The van der Waals surface area contributed by atoms with Crippen LogP contribution in [0.25, 0.3) is 0 Å². The first kappa shape index (κ1) is 14.5. The summed E-state index contributed by atoms with van der Waals surface area (Å²) in [5.41, 5.74) is 10.8. The first-order valence-corrected chi connectivity index (χ1v) is 8.89. The average molecular weight is 318 g/mol. The van der Waals surface area contributed by atoms with Crippen molar-refractivity contribution >= 4 is 40.4 Å². The Kier molecular flexibility index (Phi) is 3.95. The predicted octanol–water partition coefficient (Wildman–Crippen LogP) is 3.99. The molecular formula is C16H18N2OS2. The normalized spacial score (nSPS) is 13.8. The molecule has 0 saturated carbocycles. The minimum absolute atomic E-state index is 0.0363. The smallest absolute Gasteiger partial charge is 0.265 e. The highest BCUT2D eigenvalue weighted by Crippen LogP contribution is 2.32. The van der Waals surface area contributed by atoms with Crippen molar-refractivity contribution in [2.75, 3.05) is 16.8 Å². The van der Waals surface area contributed by atoms with E-state index < -0.39 is 0 Å². The molecule has 0 aliphatic carbocycles. The molecule has 0 radical (unpaired) electrons. The van der Waals surface area contributed by atoms with Gasteiger partial charge in [-0.25, -0.2) is 0 Å². The van der Waals surface area contributed by atoms with Crippen LogP contribution in [0, 0.1) is 13.8 Å². The van der Waals surface area contributed by atoms with Gasteiger partial charge in [-0.2, -0.15) is 11.8 Å². The van der Waals surface area contributed by atoms with Crippen LogP contribution in [-0.4, -0.2) is 11.7 Å². The minimum Gasteiger partial charge on any atom is -0.398 e. The number of thiophene rings is 1. The van der Waals surface area contributed by atoms with Crippen LogP contribution in [0.2, 0.25) is 0 Å². The number of benzene rings is 1. The van der Waals surface area contributed by atoms with Gasteiger partial charge in [-0.3, -0.25) is 4.79 Å². The molecule has 1 aliphatic rings. The van der Waals surface area contributed by atoms with Crippen LogP contribution in [0.4, 0.5) is 11.4 Å². The molecule has 0 saturated heterocycles. The number of thioether (sulfide) groups is 1. The van der Waals surface area contributed by atoms with E-state index in [4.69, 9.17) is 5.73 Å². The molecule has 2 aromatic rings. The summed E-state index contributed by atoms with van der Waals surface area (Å²) in [6.45, 7) is 3.96. The van der Waals surface area contributed by atoms with E-state index in [1.807, 2.05) is 43.8 Å². The molecule has 3 rings (SSSR count). The summed E-state index contributed by atoms with van der Waals surface area (Å²) < 4.78 is 0. The fraction of sp³-hybridized carbons (Fsp3) is 0.312. The van der Waals surface area contributed by atoms with Crippen molar-refractivity contribution in [2.45, 2.75) is 26.0 Å². The summed E-state index contributed by atoms with van der Waals surface area (Å²) in [5, 5.41) is 2.99. The maximum atomic E-state index is 12.4. The second-order valence-corrected chi connectivity index (χ2v) is 7.58. The number of nitrogen functional groups attached to an aromatic ring is 1. The topological polar surface area (TPSA) is 55.1 Å². The molecule has 0 fully saturated rings. The maximum Gasteiger partial charge on any atom is 0.265 e. The van der Waals surface area contributed by atoms with E-state index >= 15 is 0 Å². The molecule has 0 bridgehead atoms. The molecule has 110 valence electrons. The molecule has 3 N–H and O–H groups in total. The molecule has 0 spiro atoms. The van der Waals surface area contributed by atoms with Gasteiger partial charge in [0.2, 0.25) is 0 Å². The van der Waals surface area contributed by atoms with Crippen LogP contribution >= 0.6 is 23.1 Å². The van der Waals surface area contributed by atoms with E-state index in [0.29, 0.717) is 5.69 Å². The first-order chi connectivity index (χ1) is 10.0.